The van der Waals surface area contributed by atoms with E-state index >= 15 is 0 Å². The molecular weight excluding hydrogens is 208 g/mol. The Bertz CT molecular complexity index is 350. The largest absolute Gasteiger partial charge is 0.395 e. The standard InChI is InChI=1S/C11H18N2OS/c1-8-9(11(7-14)5-4-6-11)15-10(12-8)13(2)3/h14H,4-7H2,1-3H3. The van der Waals surface area contributed by atoms with Crippen LogP contribution in [0.3, 0.4) is 0 Å². The van der Waals surface area contributed by atoms with Crippen molar-refractivity contribution in [2.45, 2.75) is 31.6 Å². The number of aromatic nitrogens is 1. The zero-order chi connectivity index (χ0) is 11.1. The SMILES string of the molecule is Cc1nc(N(C)C)sc1C1(CO)CCC1. The summed E-state index contributed by atoms with van der Waals surface area (Å²) in [6.45, 7) is 2.32. The number of anilines is 1. The first-order chi connectivity index (χ1) is 7.09. The van der Waals surface area contributed by atoms with Gasteiger partial charge < -0.3 is 10.0 Å². The second-order valence-corrected chi connectivity index (χ2v) is 5.57. The summed E-state index contributed by atoms with van der Waals surface area (Å²) >= 11 is 1.73. The highest BCUT2D eigenvalue weighted by atomic mass is 32.1. The summed E-state index contributed by atoms with van der Waals surface area (Å²) in [6.07, 6.45) is 3.45. The van der Waals surface area contributed by atoms with Gasteiger partial charge in [-0.15, -0.1) is 11.3 Å². The molecule has 1 aromatic rings. The summed E-state index contributed by atoms with van der Waals surface area (Å²) in [5.41, 5.74) is 1.13. The average molecular weight is 226 g/mol. The fourth-order valence-electron chi connectivity index (χ4n) is 2.13. The van der Waals surface area contributed by atoms with Crippen LogP contribution in [0.25, 0.3) is 0 Å². The molecule has 0 unspecified atom stereocenters. The Morgan fingerprint density at radius 2 is 2.13 bits per heavy atom. The molecule has 1 fully saturated rings. The Balaban J connectivity index is 2.35. The van der Waals surface area contributed by atoms with Gasteiger partial charge in [-0.3, -0.25) is 0 Å². The van der Waals surface area contributed by atoms with Gasteiger partial charge in [0.2, 0.25) is 0 Å². The Kier molecular flexibility index (Phi) is 2.73. The van der Waals surface area contributed by atoms with Gasteiger partial charge in [-0.25, -0.2) is 4.98 Å². The van der Waals surface area contributed by atoms with Crippen molar-refractivity contribution in [2.24, 2.45) is 0 Å². The van der Waals surface area contributed by atoms with E-state index in [-0.39, 0.29) is 12.0 Å². The predicted molar refractivity (Wildman–Crippen MR) is 63.8 cm³/mol. The smallest absolute Gasteiger partial charge is 0.185 e. The fraction of sp³-hybridized carbons (Fsp3) is 0.727. The van der Waals surface area contributed by atoms with E-state index in [1.807, 2.05) is 19.0 Å². The van der Waals surface area contributed by atoms with Gasteiger partial charge in [-0.2, -0.15) is 0 Å². The lowest BCUT2D eigenvalue weighted by Gasteiger charge is -2.39. The maximum Gasteiger partial charge on any atom is 0.185 e. The molecule has 0 aromatic carbocycles. The van der Waals surface area contributed by atoms with Gasteiger partial charge in [-0.1, -0.05) is 6.42 Å². The van der Waals surface area contributed by atoms with Crippen LogP contribution in [-0.4, -0.2) is 30.8 Å². The van der Waals surface area contributed by atoms with E-state index in [4.69, 9.17) is 0 Å². The summed E-state index contributed by atoms with van der Waals surface area (Å²) < 4.78 is 0. The number of hydrogen-bond acceptors (Lipinski definition) is 4. The Morgan fingerprint density at radius 3 is 2.47 bits per heavy atom. The molecule has 0 bridgehead atoms. The van der Waals surface area contributed by atoms with Gasteiger partial charge in [0, 0.05) is 24.4 Å². The molecule has 1 aliphatic carbocycles. The highest BCUT2D eigenvalue weighted by Gasteiger charge is 2.41. The lowest BCUT2D eigenvalue weighted by atomic mass is 9.68. The molecule has 0 atom stereocenters. The van der Waals surface area contributed by atoms with Crippen LogP contribution in [0.15, 0.2) is 0 Å². The second kappa shape index (κ2) is 3.76. The van der Waals surface area contributed by atoms with E-state index < -0.39 is 0 Å². The Morgan fingerprint density at radius 1 is 1.47 bits per heavy atom. The van der Waals surface area contributed by atoms with Crippen LogP contribution in [0, 0.1) is 6.92 Å². The van der Waals surface area contributed by atoms with Crippen LogP contribution in [0.5, 0.6) is 0 Å². The molecule has 1 N–H and O–H groups in total. The lowest BCUT2D eigenvalue weighted by molar-refractivity contribution is 0.122. The molecule has 0 aliphatic heterocycles. The second-order valence-electron chi connectivity index (χ2n) is 4.60. The highest BCUT2D eigenvalue weighted by Crippen LogP contribution is 2.47. The quantitative estimate of drug-likeness (QED) is 0.855. The van der Waals surface area contributed by atoms with E-state index in [9.17, 15) is 5.11 Å². The highest BCUT2D eigenvalue weighted by molar-refractivity contribution is 7.15. The molecule has 15 heavy (non-hydrogen) atoms. The van der Waals surface area contributed by atoms with Crippen molar-refractivity contribution >= 4 is 16.5 Å². The van der Waals surface area contributed by atoms with Gasteiger partial charge in [0.05, 0.1) is 12.3 Å². The van der Waals surface area contributed by atoms with Crippen molar-refractivity contribution in [3.8, 4) is 0 Å². The van der Waals surface area contributed by atoms with E-state index in [0.717, 1.165) is 23.7 Å². The topological polar surface area (TPSA) is 36.4 Å². The molecular formula is C11H18N2OS. The van der Waals surface area contributed by atoms with Crippen molar-refractivity contribution in [2.75, 3.05) is 25.6 Å². The molecule has 2 rings (SSSR count). The molecule has 0 saturated heterocycles. The first kappa shape index (κ1) is 10.9. The average Bonchev–Trinajstić information content (AvgIpc) is 2.48. The van der Waals surface area contributed by atoms with Crippen molar-refractivity contribution in [1.82, 2.24) is 4.98 Å². The van der Waals surface area contributed by atoms with Gasteiger partial charge in [0.25, 0.3) is 0 Å². The van der Waals surface area contributed by atoms with Crippen LogP contribution in [0.2, 0.25) is 0 Å². The van der Waals surface area contributed by atoms with E-state index in [2.05, 4.69) is 11.9 Å². The summed E-state index contributed by atoms with van der Waals surface area (Å²) in [4.78, 5) is 7.86. The first-order valence-corrected chi connectivity index (χ1v) is 6.17. The third-order valence-electron chi connectivity index (χ3n) is 3.26. The predicted octanol–water partition coefficient (Wildman–Crippen LogP) is 1.93. The summed E-state index contributed by atoms with van der Waals surface area (Å²) in [5, 5.41) is 10.6. The molecule has 0 amide bonds. The number of rotatable bonds is 3. The van der Waals surface area contributed by atoms with Crippen LogP contribution in [0.4, 0.5) is 5.13 Å². The minimum absolute atomic E-state index is 0.0377. The zero-order valence-corrected chi connectivity index (χ0v) is 10.4. The van der Waals surface area contributed by atoms with Crippen LogP contribution in [0.1, 0.15) is 29.8 Å². The van der Waals surface area contributed by atoms with E-state index in [1.165, 1.54) is 11.3 Å². The minimum atomic E-state index is 0.0377. The third-order valence-corrected chi connectivity index (χ3v) is 4.83. The van der Waals surface area contributed by atoms with Crippen molar-refractivity contribution in [3.05, 3.63) is 10.6 Å². The van der Waals surface area contributed by atoms with E-state index in [0.29, 0.717) is 0 Å². The third kappa shape index (κ3) is 1.66. The van der Waals surface area contributed by atoms with Crippen molar-refractivity contribution in [1.29, 1.82) is 0 Å². The molecule has 1 aliphatic rings. The molecule has 0 radical (unpaired) electrons. The molecule has 0 spiro atoms. The molecule has 1 saturated carbocycles. The molecule has 4 heteroatoms. The fourth-order valence-corrected chi connectivity index (χ4v) is 3.35. The summed E-state index contributed by atoms with van der Waals surface area (Å²) in [6, 6.07) is 0. The maximum absolute atomic E-state index is 9.53. The van der Waals surface area contributed by atoms with Gasteiger partial charge in [0.15, 0.2) is 5.13 Å². The number of nitrogens with zero attached hydrogens (tertiary/aromatic N) is 2. The Labute approximate surface area is 94.8 Å². The van der Waals surface area contributed by atoms with Crippen molar-refractivity contribution in [3.63, 3.8) is 0 Å². The van der Waals surface area contributed by atoms with Crippen LogP contribution in [-0.2, 0) is 5.41 Å². The van der Waals surface area contributed by atoms with Crippen LogP contribution < -0.4 is 4.90 Å². The maximum atomic E-state index is 9.53. The summed E-state index contributed by atoms with van der Waals surface area (Å²) in [7, 11) is 4.02. The van der Waals surface area contributed by atoms with Crippen molar-refractivity contribution < 1.29 is 5.11 Å². The Hall–Kier alpha value is -0.610. The van der Waals surface area contributed by atoms with Crippen LogP contribution >= 0.6 is 11.3 Å². The first-order valence-electron chi connectivity index (χ1n) is 5.35. The number of aryl methyl sites for hydroxylation is 1. The molecule has 1 heterocycles. The normalized spacial score (nSPS) is 18.7. The minimum Gasteiger partial charge on any atom is -0.395 e. The zero-order valence-electron chi connectivity index (χ0n) is 9.58. The molecule has 1 aromatic heterocycles. The lowest BCUT2D eigenvalue weighted by Crippen LogP contribution is -2.37. The number of aliphatic hydroxyl groups excluding tert-OH is 1. The number of thiazole rings is 1. The molecule has 84 valence electrons. The number of aliphatic hydroxyl groups is 1. The van der Waals surface area contributed by atoms with Gasteiger partial charge in [-0.05, 0) is 19.8 Å². The molecule has 3 nitrogen and oxygen atoms in total. The van der Waals surface area contributed by atoms with Gasteiger partial charge >= 0.3 is 0 Å². The van der Waals surface area contributed by atoms with Gasteiger partial charge in [0.1, 0.15) is 0 Å². The van der Waals surface area contributed by atoms with E-state index in [1.54, 1.807) is 11.3 Å². The number of hydrogen-bond donors (Lipinski definition) is 1. The summed E-state index contributed by atoms with van der Waals surface area (Å²) in [5.74, 6) is 0. The monoisotopic (exact) mass is 226 g/mol.